The Morgan fingerprint density at radius 3 is 2.68 bits per heavy atom. The van der Waals surface area contributed by atoms with E-state index in [0.29, 0.717) is 13.0 Å². The van der Waals surface area contributed by atoms with Gasteiger partial charge in [-0.05, 0) is 24.0 Å². The van der Waals surface area contributed by atoms with Gasteiger partial charge in [0, 0.05) is 6.54 Å². The summed E-state index contributed by atoms with van der Waals surface area (Å²) in [5.74, 6) is 0.0731. The summed E-state index contributed by atoms with van der Waals surface area (Å²) in [5.41, 5.74) is 1.12. The first-order valence-corrected chi connectivity index (χ1v) is 7.30. The van der Waals surface area contributed by atoms with Crippen LogP contribution < -0.4 is 5.32 Å². The van der Waals surface area contributed by atoms with E-state index in [0.717, 1.165) is 11.3 Å². The Bertz CT molecular complexity index is 384. The molecule has 0 aliphatic carbocycles. The molecule has 5 heteroatoms. The molecule has 0 aliphatic heterocycles. The zero-order valence-electron chi connectivity index (χ0n) is 10.9. The molecule has 3 nitrogen and oxygen atoms in total. The molecular formula is C14H20ClNO2S. The molecule has 0 aromatic heterocycles. The molecule has 1 aromatic rings. The molecule has 1 atom stereocenters. The quantitative estimate of drug-likeness (QED) is 0.775. The summed E-state index contributed by atoms with van der Waals surface area (Å²) in [5, 5.41) is 12.0. The fraction of sp³-hybridized carbons (Fsp3) is 0.357. The molecular weight excluding hydrogens is 282 g/mol. The molecule has 1 unspecified atom stereocenters. The molecule has 0 bridgehead atoms. The number of hydrogen-bond donors (Lipinski definition) is 2. The van der Waals surface area contributed by atoms with Gasteiger partial charge >= 0.3 is 5.97 Å². The minimum atomic E-state index is -0.780. The lowest BCUT2D eigenvalue weighted by molar-refractivity contribution is -0.139. The Morgan fingerprint density at radius 1 is 1.42 bits per heavy atom. The van der Waals surface area contributed by atoms with Crippen molar-refractivity contribution < 1.29 is 9.90 Å². The molecule has 0 fully saturated rings. The Balaban J connectivity index is 0.00000324. The third kappa shape index (κ3) is 7.93. The topological polar surface area (TPSA) is 49.3 Å². The average Bonchev–Trinajstić information content (AvgIpc) is 2.38. The first-order valence-electron chi connectivity index (χ1n) is 5.90. The number of rotatable bonds is 8. The molecule has 0 aliphatic rings. The van der Waals surface area contributed by atoms with E-state index >= 15 is 0 Å². The number of thioether (sulfide) groups is 1. The van der Waals surface area contributed by atoms with Crippen LogP contribution in [0.25, 0.3) is 6.08 Å². The summed E-state index contributed by atoms with van der Waals surface area (Å²) in [6.45, 7) is 0.570. The largest absolute Gasteiger partial charge is 0.480 e. The van der Waals surface area contributed by atoms with Crippen LogP contribution in [0.1, 0.15) is 12.0 Å². The summed E-state index contributed by atoms with van der Waals surface area (Å²) < 4.78 is 0. The van der Waals surface area contributed by atoms with Gasteiger partial charge in [-0.15, -0.1) is 12.4 Å². The zero-order chi connectivity index (χ0) is 13.2. The van der Waals surface area contributed by atoms with Gasteiger partial charge in [-0.2, -0.15) is 11.8 Å². The number of carboxylic acid groups (broad SMARTS) is 1. The second-order valence-corrected chi connectivity index (χ2v) is 4.88. The van der Waals surface area contributed by atoms with Crippen molar-refractivity contribution in [2.45, 2.75) is 12.5 Å². The third-order valence-corrected chi connectivity index (χ3v) is 3.14. The van der Waals surface area contributed by atoms with E-state index in [1.807, 2.05) is 48.7 Å². The van der Waals surface area contributed by atoms with E-state index < -0.39 is 12.0 Å². The molecule has 0 saturated carbocycles. The molecule has 1 rings (SSSR count). The number of aliphatic carboxylic acids is 1. The highest BCUT2D eigenvalue weighted by molar-refractivity contribution is 7.98. The Hall–Kier alpha value is -0.970. The smallest absolute Gasteiger partial charge is 0.320 e. The van der Waals surface area contributed by atoms with Crippen LogP contribution in [-0.2, 0) is 4.79 Å². The second kappa shape index (κ2) is 10.9. The predicted octanol–water partition coefficient (Wildman–Crippen LogP) is 2.92. The Kier molecular flexibility index (Phi) is 10.4. The van der Waals surface area contributed by atoms with Crippen molar-refractivity contribution in [3.05, 3.63) is 42.0 Å². The minimum Gasteiger partial charge on any atom is -0.480 e. The molecule has 1 aromatic carbocycles. The van der Waals surface area contributed by atoms with E-state index in [-0.39, 0.29) is 12.4 Å². The van der Waals surface area contributed by atoms with Crippen molar-refractivity contribution in [2.75, 3.05) is 18.6 Å². The van der Waals surface area contributed by atoms with Gasteiger partial charge in [-0.3, -0.25) is 4.79 Å². The standard InChI is InChI=1S/C14H19NO2S.ClH/c1-18-11-9-13(14(16)17)15-10-5-8-12-6-3-2-4-7-12;/h2-8,13,15H,9-11H2,1H3,(H,16,17);1H/b8-5+;. The van der Waals surface area contributed by atoms with Gasteiger partial charge in [0.1, 0.15) is 6.04 Å². The number of benzene rings is 1. The highest BCUT2D eigenvalue weighted by Crippen LogP contribution is 2.02. The van der Waals surface area contributed by atoms with Crippen molar-refractivity contribution in [3.8, 4) is 0 Å². The van der Waals surface area contributed by atoms with E-state index in [1.165, 1.54) is 0 Å². The molecule has 106 valence electrons. The maximum Gasteiger partial charge on any atom is 0.320 e. The zero-order valence-corrected chi connectivity index (χ0v) is 12.5. The van der Waals surface area contributed by atoms with Crippen LogP contribution >= 0.6 is 24.2 Å². The van der Waals surface area contributed by atoms with E-state index in [2.05, 4.69) is 5.32 Å². The molecule has 0 radical (unpaired) electrons. The lowest BCUT2D eigenvalue weighted by Gasteiger charge is -2.11. The maximum atomic E-state index is 11.0. The van der Waals surface area contributed by atoms with E-state index in [1.54, 1.807) is 11.8 Å². The van der Waals surface area contributed by atoms with Crippen LogP contribution in [0.4, 0.5) is 0 Å². The van der Waals surface area contributed by atoms with Crippen molar-refractivity contribution in [1.29, 1.82) is 0 Å². The molecule has 0 amide bonds. The third-order valence-electron chi connectivity index (χ3n) is 2.50. The fourth-order valence-electron chi connectivity index (χ4n) is 1.52. The number of halogens is 1. The summed E-state index contributed by atoms with van der Waals surface area (Å²) >= 11 is 1.66. The number of hydrogen-bond acceptors (Lipinski definition) is 3. The fourth-order valence-corrected chi connectivity index (χ4v) is 1.99. The molecule has 19 heavy (non-hydrogen) atoms. The van der Waals surface area contributed by atoms with Gasteiger partial charge in [0.05, 0.1) is 0 Å². The van der Waals surface area contributed by atoms with E-state index in [4.69, 9.17) is 5.11 Å². The average molecular weight is 302 g/mol. The van der Waals surface area contributed by atoms with Crippen LogP contribution in [-0.4, -0.2) is 35.7 Å². The van der Waals surface area contributed by atoms with Crippen molar-refractivity contribution in [2.24, 2.45) is 0 Å². The highest BCUT2D eigenvalue weighted by Gasteiger charge is 2.14. The van der Waals surface area contributed by atoms with Crippen molar-refractivity contribution in [3.63, 3.8) is 0 Å². The van der Waals surface area contributed by atoms with E-state index in [9.17, 15) is 4.79 Å². The summed E-state index contributed by atoms with van der Waals surface area (Å²) in [7, 11) is 0. The van der Waals surface area contributed by atoms with Crippen LogP contribution in [0.2, 0.25) is 0 Å². The van der Waals surface area contributed by atoms with Crippen molar-refractivity contribution in [1.82, 2.24) is 5.32 Å². The predicted molar refractivity (Wildman–Crippen MR) is 85.1 cm³/mol. The number of carbonyl (C=O) groups is 1. The summed E-state index contributed by atoms with van der Waals surface area (Å²) in [4.78, 5) is 11.0. The molecule has 0 heterocycles. The second-order valence-electron chi connectivity index (χ2n) is 3.89. The van der Waals surface area contributed by atoms with Gasteiger partial charge in [0.25, 0.3) is 0 Å². The summed E-state index contributed by atoms with van der Waals surface area (Å²) in [6, 6.07) is 9.49. The first kappa shape index (κ1) is 18.0. The van der Waals surface area contributed by atoms with Gasteiger partial charge in [-0.1, -0.05) is 42.5 Å². The minimum absolute atomic E-state index is 0. The van der Waals surface area contributed by atoms with Crippen LogP contribution in [0, 0.1) is 0 Å². The Morgan fingerprint density at radius 2 is 2.11 bits per heavy atom. The molecule has 2 N–H and O–H groups in total. The van der Waals surface area contributed by atoms with Crippen LogP contribution in [0.15, 0.2) is 36.4 Å². The number of carboxylic acids is 1. The summed E-state index contributed by atoms with van der Waals surface area (Å²) in [6.07, 6.45) is 6.56. The molecule has 0 saturated heterocycles. The van der Waals surface area contributed by atoms with Gasteiger partial charge < -0.3 is 10.4 Å². The van der Waals surface area contributed by atoms with Gasteiger partial charge in [0.15, 0.2) is 0 Å². The van der Waals surface area contributed by atoms with Crippen LogP contribution in [0.5, 0.6) is 0 Å². The normalized spacial score (nSPS) is 12.1. The first-order chi connectivity index (χ1) is 8.74. The van der Waals surface area contributed by atoms with Crippen LogP contribution in [0.3, 0.4) is 0 Å². The Labute approximate surface area is 124 Å². The molecule has 0 spiro atoms. The highest BCUT2D eigenvalue weighted by atomic mass is 35.5. The lowest BCUT2D eigenvalue weighted by Crippen LogP contribution is -2.37. The SMILES string of the molecule is CSCCC(NC/C=C/c1ccccc1)C(=O)O.Cl. The maximum absolute atomic E-state index is 11.0. The van der Waals surface area contributed by atoms with Gasteiger partial charge in [0.2, 0.25) is 0 Å². The number of nitrogens with one attached hydrogen (secondary N) is 1. The monoisotopic (exact) mass is 301 g/mol. The van der Waals surface area contributed by atoms with Crippen molar-refractivity contribution >= 4 is 36.2 Å². The van der Waals surface area contributed by atoms with Gasteiger partial charge in [-0.25, -0.2) is 0 Å². The lowest BCUT2D eigenvalue weighted by atomic mass is 10.2.